The van der Waals surface area contributed by atoms with Crippen molar-refractivity contribution in [1.82, 2.24) is 4.98 Å². The predicted octanol–water partition coefficient (Wildman–Crippen LogP) is 4.96. The topological polar surface area (TPSA) is 148 Å². The van der Waals surface area contributed by atoms with Gasteiger partial charge in [-0.05, 0) is 36.8 Å². The predicted molar refractivity (Wildman–Crippen MR) is 143 cm³/mol. The van der Waals surface area contributed by atoms with Gasteiger partial charge in [-0.15, -0.1) is 0 Å². The number of anilines is 1. The van der Waals surface area contributed by atoms with Gasteiger partial charge < -0.3 is 5.11 Å². The van der Waals surface area contributed by atoms with Gasteiger partial charge in [0.1, 0.15) is 15.8 Å². The van der Waals surface area contributed by atoms with Crippen molar-refractivity contribution in [1.29, 1.82) is 0 Å². The third-order valence-electron chi connectivity index (χ3n) is 6.26. The fraction of sp³-hybridized carbons (Fsp3) is 0.0741. The molecular weight excluding hydrogens is 561 g/mol. The first kappa shape index (κ1) is 26.8. The normalized spacial score (nSPS) is 16.9. The van der Waals surface area contributed by atoms with Crippen molar-refractivity contribution in [2.45, 2.75) is 22.1 Å². The van der Waals surface area contributed by atoms with E-state index in [0.29, 0.717) is 11.3 Å². The average molecular weight is 580 g/mol. The van der Waals surface area contributed by atoms with Crippen LogP contribution in [-0.4, -0.2) is 35.1 Å². The summed E-state index contributed by atoms with van der Waals surface area (Å²) in [6.07, 6.45) is 1.01. The van der Waals surface area contributed by atoms with Gasteiger partial charge in [0, 0.05) is 17.7 Å². The number of rotatable bonds is 6. The molecule has 2 heterocycles. The molecule has 5 rings (SSSR count). The van der Waals surface area contributed by atoms with Gasteiger partial charge in [-0.25, -0.2) is 17.8 Å². The molecule has 0 aliphatic carbocycles. The van der Waals surface area contributed by atoms with E-state index >= 15 is 0 Å². The highest BCUT2D eigenvalue weighted by Crippen LogP contribution is 2.44. The number of aliphatic hydroxyl groups excluding tert-OH is 1. The monoisotopic (exact) mass is 579 g/mol. The summed E-state index contributed by atoms with van der Waals surface area (Å²) in [6.45, 7) is 1.84. The number of nitro benzene ring substituents is 1. The number of hydrogen-bond donors (Lipinski definition) is 1. The van der Waals surface area contributed by atoms with E-state index in [4.69, 9.17) is 0 Å². The first-order chi connectivity index (χ1) is 19.0. The third-order valence-corrected chi connectivity index (χ3v) is 9.48. The lowest BCUT2D eigenvalue weighted by atomic mass is 9.95. The molecule has 0 spiro atoms. The van der Waals surface area contributed by atoms with Crippen molar-refractivity contribution in [3.63, 3.8) is 0 Å². The van der Waals surface area contributed by atoms with E-state index in [-0.39, 0.29) is 36.6 Å². The van der Waals surface area contributed by atoms with E-state index in [1.807, 2.05) is 6.92 Å². The molecular formula is C27H18FN3O7S2. The summed E-state index contributed by atoms with van der Waals surface area (Å²) in [5.74, 6) is -3.10. The number of carbonyl (C=O) groups is 2. The Balaban J connectivity index is 1.62. The van der Waals surface area contributed by atoms with Gasteiger partial charge in [-0.3, -0.25) is 24.6 Å². The number of Topliss-reactive ketones (excluding diaryl/α,β-unsaturated/α-hetero) is 1. The quantitative estimate of drug-likeness (QED) is 0.111. The molecule has 1 N–H and O–H groups in total. The molecule has 0 saturated carbocycles. The van der Waals surface area contributed by atoms with Crippen LogP contribution in [-0.2, 0) is 19.4 Å². The summed E-state index contributed by atoms with van der Waals surface area (Å²) in [6, 6.07) is 14.6. The molecule has 0 bridgehead atoms. The van der Waals surface area contributed by atoms with E-state index in [2.05, 4.69) is 4.98 Å². The summed E-state index contributed by atoms with van der Waals surface area (Å²) in [5, 5.41) is 21.9. The Labute approximate surface area is 230 Å². The van der Waals surface area contributed by atoms with E-state index in [0.717, 1.165) is 53.1 Å². The van der Waals surface area contributed by atoms with Gasteiger partial charge >= 0.3 is 5.91 Å². The minimum absolute atomic E-state index is 0.153. The Morgan fingerprint density at radius 3 is 2.25 bits per heavy atom. The molecule has 4 aromatic rings. The van der Waals surface area contributed by atoms with Crippen molar-refractivity contribution in [3.8, 4) is 0 Å². The molecule has 1 aromatic heterocycles. The average Bonchev–Trinajstić information content (AvgIpc) is 3.53. The van der Waals surface area contributed by atoms with Crippen LogP contribution in [0.15, 0.2) is 93.7 Å². The molecule has 3 aromatic carbocycles. The Morgan fingerprint density at radius 2 is 1.65 bits per heavy atom. The highest BCUT2D eigenvalue weighted by molar-refractivity contribution is 7.93. The van der Waals surface area contributed by atoms with Crippen LogP contribution in [0.4, 0.5) is 15.2 Å². The van der Waals surface area contributed by atoms with Crippen LogP contribution in [0.3, 0.4) is 0 Å². The molecule has 1 atom stereocenters. The van der Waals surface area contributed by atoms with Gasteiger partial charge in [0.15, 0.2) is 5.13 Å². The smallest absolute Gasteiger partial charge is 0.301 e. The van der Waals surface area contributed by atoms with Crippen molar-refractivity contribution in [2.24, 2.45) is 0 Å². The van der Waals surface area contributed by atoms with Crippen molar-refractivity contribution in [2.75, 3.05) is 4.90 Å². The maximum Gasteiger partial charge on any atom is 0.301 e. The number of hydrogen-bond acceptors (Lipinski definition) is 9. The van der Waals surface area contributed by atoms with Crippen molar-refractivity contribution < 1.29 is 32.4 Å². The summed E-state index contributed by atoms with van der Waals surface area (Å²) >= 11 is 0.603. The number of nitro groups is 1. The second kappa shape index (κ2) is 10.1. The van der Waals surface area contributed by atoms with Crippen LogP contribution in [0, 0.1) is 22.9 Å². The largest absolute Gasteiger partial charge is 0.507 e. The third kappa shape index (κ3) is 4.65. The molecule has 10 nitrogen and oxygen atoms in total. The molecule has 40 heavy (non-hydrogen) atoms. The highest BCUT2D eigenvalue weighted by atomic mass is 32.2. The number of carbonyl (C=O) groups excluding carboxylic acids is 2. The zero-order valence-corrected chi connectivity index (χ0v) is 22.1. The maximum atomic E-state index is 13.7. The molecule has 202 valence electrons. The number of sulfone groups is 1. The van der Waals surface area contributed by atoms with Gasteiger partial charge in [-0.2, -0.15) is 0 Å². The molecule has 1 aliphatic rings. The number of aliphatic hydroxyl groups is 1. The van der Waals surface area contributed by atoms with Gasteiger partial charge in [0.05, 0.1) is 27.6 Å². The zero-order valence-electron chi connectivity index (χ0n) is 20.5. The summed E-state index contributed by atoms with van der Waals surface area (Å²) in [4.78, 5) is 41.6. The number of aryl methyl sites for hydroxylation is 1. The number of non-ortho nitro benzene ring substituents is 1. The van der Waals surface area contributed by atoms with Crippen LogP contribution in [0.5, 0.6) is 0 Å². The van der Waals surface area contributed by atoms with E-state index in [9.17, 15) is 37.6 Å². The van der Waals surface area contributed by atoms with E-state index in [1.54, 1.807) is 24.3 Å². The fourth-order valence-corrected chi connectivity index (χ4v) is 6.75. The number of amides is 1. The summed E-state index contributed by atoms with van der Waals surface area (Å²) < 4.78 is 39.9. The highest BCUT2D eigenvalue weighted by Gasteiger charge is 2.48. The maximum absolute atomic E-state index is 13.7. The lowest BCUT2D eigenvalue weighted by Gasteiger charge is -2.23. The Bertz CT molecular complexity index is 1800. The number of thiazole rings is 1. The van der Waals surface area contributed by atoms with E-state index in [1.165, 1.54) is 12.1 Å². The first-order valence-electron chi connectivity index (χ1n) is 11.6. The van der Waals surface area contributed by atoms with Crippen LogP contribution in [0.25, 0.3) is 5.76 Å². The SMILES string of the molecule is Cc1ccc(/C(O)=C2\C(=O)C(=O)N(c3ncc(S(=O)(=O)c4ccc([N+](=O)[O-])cc4)s3)C2c2ccc(F)cc2)cc1. The number of benzene rings is 3. The lowest BCUT2D eigenvalue weighted by Crippen LogP contribution is -2.29. The van der Waals surface area contributed by atoms with Gasteiger partial charge in [0.2, 0.25) is 9.84 Å². The van der Waals surface area contributed by atoms with Gasteiger partial charge in [0.25, 0.3) is 11.5 Å². The van der Waals surface area contributed by atoms with Crippen LogP contribution < -0.4 is 4.90 Å². The fourth-order valence-electron chi connectivity index (χ4n) is 4.21. The number of nitrogens with zero attached hydrogens (tertiary/aromatic N) is 3. The molecule has 1 amide bonds. The lowest BCUT2D eigenvalue weighted by molar-refractivity contribution is -0.384. The Hall–Kier alpha value is -4.75. The van der Waals surface area contributed by atoms with Crippen LogP contribution >= 0.6 is 11.3 Å². The molecule has 0 radical (unpaired) electrons. The number of aromatic nitrogens is 1. The zero-order chi connectivity index (χ0) is 28.8. The van der Waals surface area contributed by atoms with Crippen LogP contribution in [0.2, 0.25) is 0 Å². The van der Waals surface area contributed by atoms with Crippen molar-refractivity contribution in [3.05, 3.63) is 117 Å². The van der Waals surface area contributed by atoms with Gasteiger partial charge in [-0.1, -0.05) is 53.3 Å². The Morgan fingerprint density at radius 1 is 1.02 bits per heavy atom. The minimum Gasteiger partial charge on any atom is -0.507 e. The molecule has 1 unspecified atom stereocenters. The van der Waals surface area contributed by atoms with E-state index < -0.39 is 44.1 Å². The summed E-state index contributed by atoms with van der Waals surface area (Å²) in [7, 11) is -4.19. The number of ketones is 1. The Kier molecular flexibility index (Phi) is 6.77. The molecule has 1 aliphatic heterocycles. The first-order valence-corrected chi connectivity index (χ1v) is 13.9. The standard InChI is InChI=1S/C27H18FN3O7S2/c1-15-2-4-17(5-3-15)24(32)22-23(16-6-8-18(28)9-7-16)30(26(34)25(22)33)27-29-14-21(39-27)40(37,38)20-12-10-19(11-13-20)31(35)36/h2-14,23,32H,1H3/b24-22+. The molecule has 13 heteroatoms. The number of halogens is 1. The second-order valence-corrected chi connectivity index (χ2v) is 12.0. The molecule has 1 saturated heterocycles. The van der Waals surface area contributed by atoms with Crippen LogP contribution in [0.1, 0.15) is 22.7 Å². The second-order valence-electron chi connectivity index (χ2n) is 8.80. The molecule has 1 fully saturated rings. The minimum atomic E-state index is -4.19. The summed E-state index contributed by atoms with van der Waals surface area (Å²) in [5.41, 5.74) is 0.896. The van der Waals surface area contributed by atoms with Crippen molar-refractivity contribution >= 4 is 49.4 Å².